The van der Waals surface area contributed by atoms with E-state index in [1.807, 2.05) is 0 Å². The Morgan fingerprint density at radius 3 is 2.70 bits per heavy atom. The Morgan fingerprint density at radius 2 is 2.00 bits per heavy atom. The zero-order valence-electron chi connectivity index (χ0n) is 12.6. The molecule has 1 aromatic carbocycles. The maximum Gasteiger partial charge on any atom is 0.295 e. The van der Waals surface area contributed by atoms with Crippen molar-refractivity contribution in [3.63, 3.8) is 0 Å². The number of rotatable bonds is 1. The van der Waals surface area contributed by atoms with Crippen molar-refractivity contribution in [3.05, 3.63) is 23.2 Å². The van der Waals surface area contributed by atoms with Crippen LogP contribution in [0.4, 0.5) is 5.82 Å². The number of aromatic nitrogens is 2. The minimum Gasteiger partial charge on any atom is -0.289 e. The molecule has 23 heavy (non-hydrogen) atoms. The van der Waals surface area contributed by atoms with Crippen LogP contribution in [0.2, 0.25) is 5.02 Å². The molecular formula is C14H12ClN5O2S. The predicted molar refractivity (Wildman–Crippen MR) is 89.7 cm³/mol. The average molecular weight is 350 g/mol. The van der Waals surface area contributed by atoms with Crippen molar-refractivity contribution >= 4 is 57.1 Å². The Labute approximate surface area is 141 Å². The topological polar surface area (TPSA) is 78.8 Å². The first kappa shape index (κ1) is 15.7. The van der Waals surface area contributed by atoms with E-state index in [9.17, 15) is 9.59 Å². The summed E-state index contributed by atoms with van der Waals surface area (Å²) < 4.78 is 0. The first-order valence-electron chi connectivity index (χ1n) is 6.63. The number of Topliss-reactive ketones (excluding diaryl/α,β-unsaturated/α-hetero) is 1. The maximum absolute atomic E-state index is 11.8. The fourth-order valence-electron chi connectivity index (χ4n) is 2.02. The van der Waals surface area contributed by atoms with E-state index in [0.29, 0.717) is 32.1 Å². The molecule has 0 unspecified atom stereocenters. The monoisotopic (exact) mass is 349 g/mol. The summed E-state index contributed by atoms with van der Waals surface area (Å²) >= 11 is 7.17. The number of likely N-dealkylation sites (N-methyl/N-ethyl adjacent to an activating group) is 1. The van der Waals surface area contributed by atoms with Crippen molar-refractivity contribution in [1.82, 2.24) is 14.9 Å². The lowest BCUT2D eigenvalue weighted by Gasteiger charge is -2.26. The normalized spacial score (nSPS) is 13.6. The number of amides is 1. The number of hydrogen-bond donors (Lipinski definition) is 0. The van der Waals surface area contributed by atoms with E-state index in [1.54, 1.807) is 25.2 Å². The molecule has 9 heteroatoms. The van der Waals surface area contributed by atoms with Gasteiger partial charge < -0.3 is 0 Å². The van der Waals surface area contributed by atoms with Gasteiger partial charge in [-0.25, -0.2) is 15.0 Å². The number of anilines is 1. The van der Waals surface area contributed by atoms with E-state index >= 15 is 0 Å². The molecule has 1 aliphatic heterocycles. The Bertz CT molecular complexity index is 870. The molecule has 1 aliphatic rings. The summed E-state index contributed by atoms with van der Waals surface area (Å²) in [5, 5.41) is 7.34. The van der Waals surface area contributed by atoms with Crippen LogP contribution in [0, 0.1) is 0 Å². The molecule has 0 fully saturated rings. The second-order valence-electron chi connectivity index (χ2n) is 4.91. The number of nitrogens with zero attached hydrogens (tertiary/aromatic N) is 5. The molecule has 1 aromatic heterocycles. The van der Waals surface area contributed by atoms with Crippen molar-refractivity contribution < 1.29 is 9.59 Å². The SMILES string of the molecule is CC(=O)C(=O)N(C)C1=NN(C)c2nc3ccc(Cl)cc3nc2S1. The number of hydrogen-bond acceptors (Lipinski definition) is 7. The minimum atomic E-state index is -0.634. The zero-order chi connectivity index (χ0) is 16.7. The molecule has 0 saturated carbocycles. The molecule has 1 amide bonds. The molecule has 118 valence electrons. The van der Waals surface area contributed by atoms with E-state index in [1.165, 1.54) is 35.6 Å². The number of fused-ring (bicyclic) bond motifs is 2. The van der Waals surface area contributed by atoms with Crippen molar-refractivity contribution in [1.29, 1.82) is 0 Å². The fraction of sp³-hybridized carbons (Fsp3) is 0.214. The van der Waals surface area contributed by atoms with Gasteiger partial charge in [0.25, 0.3) is 5.91 Å². The van der Waals surface area contributed by atoms with E-state index in [4.69, 9.17) is 11.6 Å². The van der Waals surface area contributed by atoms with Crippen LogP contribution in [0.3, 0.4) is 0 Å². The van der Waals surface area contributed by atoms with Gasteiger partial charge in [-0.15, -0.1) is 5.10 Å². The van der Waals surface area contributed by atoms with Gasteiger partial charge in [-0.1, -0.05) is 11.6 Å². The van der Waals surface area contributed by atoms with Crippen molar-refractivity contribution in [2.45, 2.75) is 11.9 Å². The molecule has 0 radical (unpaired) electrons. The molecule has 0 bridgehead atoms. The summed E-state index contributed by atoms with van der Waals surface area (Å²) in [5.41, 5.74) is 1.35. The molecule has 0 N–H and O–H groups in total. The van der Waals surface area contributed by atoms with E-state index < -0.39 is 11.7 Å². The molecule has 7 nitrogen and oxygen atoms in total. The second kappa shape index (κ2) is 5.78. The largest absolute Gasteiger partial charge is 0.295 e. The van der Waals surface area contributed by atoms with Crippen molar-refractivity contribution in [2.24, 2.45) is 5.10 Å². The van der Waals surface area contributed by atoms with Crippen LogP contribution in [0.15, 0.2) is 28.3 Å². The Morgan fingerprint density at radius 1 is 1.26 bits per heavy atom. The van der Waals surface area contributed by atoms with Gasteiger partial charge in [-0.3, -0.25) is 14.5 Å². The quantitative estimate of drug-likeness (QED) is 0.734. The predicted octanol–water partition coefficient (Wildman–Crippen LogP) is 2.14. The summed E-state index contributed by atoms with van der Waals surface area (Å²) in [6.07, 6.45) is 0. The highest BCUT2D eigenvalue weighted by Crippen LogP contribution is 2.34. The number of halogens is 1. The third-order valence-electron chi connectivity index (χ3n) is 3.20. The smallest absolute Gasteiger partial charge is 0.289 e. The van der Waals surface area contributed by atoms with Gasteiger partial charge in [-0.05, 0) is 30.0 Å². The number of amidine groups is 1. The van der Waals surface area contributed by atoms with Crippen LogP contribution in [-0.2, 0) is 9.59 Å². The minimum absolute atomic E-state index is 0.357. The summed E-state index contributed by atoms with van der Waals surface area (Å²) in [4.78, 5) is 33.3. The third-order valence-corrected chi connectivity index (χ3v) is 4.44. The Kier molecular flexibility index (Phi) is 3.95. The highest BCUT2D eigenvalue weighted by molar-refractivity contribution is 8.14. The summed E-state index contributed by atoms with van der Waals surface area (Å²) in [6, 6.07) is 5.25. The number of carbonyl (C=O) groups is 2. The molecular weight excluding hydrogens is 338 g/mol. The van der Waals surface area contributed by atoms with Crippen LogP contribution in [0.5, 0.6) is 0 Å². The van der Waals surface area contributed by atoms with Crippen molar-refractivity contribution in [2.75, 3.05) is 19.1 Å². The Hall–Kier alpha value is -2.19. The standard InChI is InChI=1S/C14H12ClN5O2S/c1-7(21)13(22)19(2)14-18-20(3)11-12(23-14)17-10-6-8(15)4-5-9(10)16-11/h4-6H,1-3H3. The van der Waals surface area contributed by atoms with Crippen molar-refractivity contribution in [3.8, 4) is 0 Å². The third kappa shape index (κ3) is 2.87. The molecule has 0 spiro atoms. The van der Waals surface area contributed by atoms with Crippen LogP contribution in [-0.4, -0.2) is 45.8 Å². The van der Waals surface area contributed by atoms with Crippen LogP contribution in [0.25, 0.3) is 11.0 Å². The van der Waals surface area contributed by atoms with Gasteiger partial charge in [0, 0.05) is 26.0 Å². The number of carbonyl (C=O) groups excluding carboxylic acids is 2. The summed E-state index contributed by atoms with van der Waals surface area (Å²) in [5.74, 6) is -0.609. The lowest BCUT2D eigenvalue weighted by Crippen LogP contribution is -2.38. The Balaban J connectivity index is 2.02. The number of ketones is 1. The lowest BCUT2D eigenvalue weighted by molar-refractivity contribution is -0.140. The molecule has 0 atom stereocenters. The van der Waals surface area contributed by atoms with Gasteiger partial charge >= 0.3 is 0 Å². The van der Waals surface area contributed by atoms with Gasteiger partial charge in [0.15, 0.2) is 11.0 Å². The summed E-state index contributed by atoms with van der Waals surface area (Å²) in [6.45, 7) is 1.22. The van der Waals surface area contributed by atoms with Gasteiger partial charge in [0.05, 0.1) is 11.0 Å². The first-order valence-corrected chi connectivity index (χ1v) is 7.82. The molecule has 3 rings (SSSR count). The van der Waals surface area contributed by atoms with E-state index in [-0.39, 0.29) is 0 Å². The number of benzene rings is 1. The molecule has 0 saturated heterocycles. The highest BCUT2D eigenvalue weighted by Gasteiger charge is 2.27. The highest BCUT2D eigenvalue weighted by atomic mass is 35.5. The van der Waals surface area contributed by atoms with Gasteiger partial charge in [-0.2, -0.15) is 0 Å². The second-order valence-corrected chi connectivity index (χ2v) is 6.31. The maximum atomic E-state index is 11.8. The first-order chi connectivity index (χ1) is 10.9. The van der Waals surface area contributed by atoms with E-state index in [0.717, 1.165) is 0 Å². The molecule has 2 heterocycles. The molecule has 0 aliphatic carbocycles. The lowest BCUT2D eigenvalue weighted by atomic mass is 10.3. The van der Waals surface area contributed by atoms with Gasteiger partial charge in [0.2, 0.25) is 5.78 Å². The van der Waals surface area contributed by atoms with Gasteiger partial charge in [0.1, 0.15) is 5.03 Å². The molecule has 2 aromatic rings. The summed E-state index contributed by atoms with van der Waals surface area (Å²) in [7, 11) is 3.21. The van der Waals surface area contributed by atoms with Crippen LogP contribution < -0.4 is 5.01 Å². The zero-order valence-corrected chi connectivity index (χ0v) is 14.1. The van der Waals surface area contributed by atoms with Crippen LogP contribution in [0.1, 0.15) is 6.92 Å². The van der Waals surface area contributed by atoms with E-state index in [2.05, 4.69) is 15.1 Å². The fourth-order valence-corrected chi connectivity index (χ4v) is 3.16. The number of thioether (sulfide) groups is 1. The number of hydrazone groups is 1. The average Bonchev–Trinajstić information content (AvgIpc) is 2.51. The van der Waals surface area contributed by atoms with Crippen LogP contribution >= 0.6 is 23.4 Å².